The van der Waals surface area contributed by atoms with E-state index in [1.54, 1.807) is 24.0 Å². The molecule has 16 heavy (non-hydrogen) atoms. The van der Waals surface area contributed by atoms with Crippen LogP contribution in [0.1, 0.15) is 44.0 Å². The minimum absolute atomic E-state index is 0.294. The molecule has 4 nitrogen and oxygen atoms in total. The minimum atomic E-state index is -0.294. The first-order valence-electron chi connectivity index (χ1n) is 5.83. The topological polar surface area (TPSA) is 44.1 Å². The van der Waals surface area contributed by atoms with Crippen LogP contribution in [0.5, 0.6) is 0 Å². The molecule has 1 aromatic heterocycles. The zero-order valence-electron chi connectivity index (χ0n) is 10.3. The third-order valence-electron chi connectivity index (χ3n) is 2.31. The van der Waals surface area contributed by atoms with Crippen molar-refractivity contribution in [3.05, 3.63) is 18.0 Å². The summed E-state index contributed by atoms with van der Waals surface area (Å²) in [7, 11) is 0. The average molecular weight is 224 g/mol. The van der Waals surface area contributed by atoms with E-state index in [-0.39, 0.29) is 5.97 Å². The fourth-order valence-electron chi connectivity index (χ4n) is 1.47. The van der Waals surface area contributed by atoms with Gasteiger partial charge in [-0.3, -0.25) is 4.68 Å². The Balaban J connectivity index is 2.42. The number of ether oxygens (including phenoxy) is 1. The van der Waals surface area contributed by atoms with Gasteiger partial charge < -0.3 is 4.74 Å². The summed E-state index contributed by atoms with van der Waals surface area (Å²) in [5.74, 6) is 0.415. The molecule has 0 spiro atoms. The monoisotopic (exact) mass is 224 g/mol. The van der Waals surface area contributed by atoms with Gasteiger partial charge in [0.15, 0.2) is 0 Å². The van der Waals surface area contributed by atoms with E-state index in [0.717, 1.165) is 13.0 Å². The molecule has 0 aliphatic heterocycles. The summed E-state index contributed by atoms with van der Waals surface area (Å²) in [4.78, 5) is 11.4. The van der Waals surface area contributed by atoms with E-state index in [1.165, 1.54) is 6.42 Å². The molecule has 90 valence electrons. The highest BCUT2D eigenvalue weighted by Gasteiger charge is 2.08. The Morgan fingerprint density at radius 1 is 1.56 bits per heavy atom. The van der Waals surface area contributed by atoms with E-state index in [2.05, 4.69) is 18.9 Å². The van der Waals surface area contributed by atoms with E-state index < -0.39 is 0 Å². The number of carbonyl (C=O) groups excluding carboxylic acids is 1. The summed E-state index contributed by atoms with van der Waals surface area (Å²) >= 11 is 0. The summed E-state index contributed by atoms with van der Waals surface area (Å²) in [6, 6.07) is 0. The summed E-state index contributed by atoms with van der Waals surface area (Å²) in [6.07, 6.45) is 5.57. The molecule has 0 fully saturated rings. The number of esters is 1. The third-order valence-corrected chi connectivity index (χ3v) is 2.31. The van der Waals surface area contributed by atoms with Crippen LogP contribution in [-0.4, -0.2) is 22.4 Å². The fraction of sp³-hybridized carbons (Fsp3) is 0.667. The van der Waals surface area contributed by atoms with Crippen molar-refractivity contribution in [2.24, 2.45) is 5.92 Å². The van der Waals surface area contributed by atoms with Crippen LogP contribution in [0.3, 0.4) is 0 Å². The Morgan fingerprint density at radius 3 is 2.94 bits per heavy atom. The van der Waals surface area contributed by atoms with Crippen molar-refractivity contribution >= 4 is 5.97 Å². The van der Waals surface area contributed by atoms with Crippen LogP contribution >= 0.6 is 0 Å². The van der Waals surface area contributed by atoms with E-state index in [0.29, 0.717) is 18.1 Å². The van der Waals surface area contributed by atoms with Gasteiger partial charge in [-0.15, -0.1) is 0 Å². The van der Waals surface area contributed by atoms with Gasteiger partial charge in [-0.05, 0) is 25.7 Å². The first kappa shape index (κ1) is 12.7. The lowest BCUT2D eigenvalue weighted by Crippen LogP contribution is -2.04. The lowest BCUT2D eigenvalue weighted by Gasteiger charge is -2.04. The largest absolute Gasteiger partial charge is 0.462 e. The predicted octanol–water partition coefficient (Wildman–Crippen LogP) is 2.50. The van der Waals surface area contributed by atoms with E-state index >= 15 is 0 Å². The number of nitrogens with zero attached hydrogens (tertiary/aromatic N) is 2. The highest BCUT2D eigenvalue weighted by atomic mass is 16.5. The van der Waals surface area contributed by atoms with Crippen molar-refractivity contribution in [1.29, 1.82) is 0 Å². The van der Waals surface area contributed by atoms with E-state index in [9.17, 15) is 4.79 Å². The second kappa shape index (κ2) is 6.30. The average Bonchev–Trinajstić information content (AvgIpc) is 2.66. The first-order valence-corrected chi connectivity index (χ1v) is 5.83. The third kappa shape index (κ3) is 4.04. The van der Waals surface area contributed by atoms with E-state index in [1.807, 2.05) is 0 Å². The maximum atomic E-state index is 11.4. The van der Waals surface area contributed by atoms with Gasteiger partial charge >= 0.3 is 5.97 Å². The molecule has 0 radical (unpaired) electrons. The molecule has 0 aromatic carbocycles. The molecule has 0 unspecified atom stereocenters. The predicted molar refractivity (Wildman–Crippen MR) is 62.3 cm³/mol. The zero-order valence-corrected chi connectivity index (χ0v) is 10.3. The van der Waals surface area contributed by atoms with Crippen LogP contribution in [0, 0.1) is 5.92 Å². The van der Waals surface area contributed by atoms with Crippen LogP contribution in [0.2, 0.25) is 0 Å². The maximum Gasteiger partial charge on any atom is 0.341 e. The Morgan fingerprint density at radius 2 is 2.31 bits per heavy atom. The summed E-state index contributed by atoms with van der Waals surface area (Å²) < 4.78 is 6.69. The molecule has 1 aromatic rings. The van der Waals surface area contributed by atoms with Gasteiger partial charge in [0.2, 0.25) is 0 Å². The minimum Gasteiger partial charge on any atom is -0.462 e. The van der Waals surface area contributed by atoms with Crippen LogP contribution < -0.4 is 0 Å². The van der Waals surface area contributed by atoms with Crippen LogP contribution in [0.4, 0.5) is 0 Å². The highest BCUT2D eigenvalue weighted by Crippen LogP contribution is 2.06. The quantitative estimate of drug-likeness (QED) is 0.697. The zero-order chi connectivity index (χ0) is 12.0. The van der Waals surface area contributed by atoms with Crippen molar-refractivity contribution in [3.63, 3.8) is 0 Å². The molecule has 1 rings (SSSR count). The Bertz CT molecular complexity index is 332. The second-order valence-electron chi connectivity index (χ2n) is 4.25. The van der Waals surface area contributed by atoms with Gasteiger partial charge in [-0.2, -0.15) is 5.10 Å². The van der Waals surface area contributed by atoms with Gasteiger partial charge in [0, 0.05) is 12.7 Å². The summed E-state index contributed by atoms with van der Waals surface area (Å²) in [5, 5.41) is 4.13. The van der Waals surface area contributed by atoms with Crippen LogP contribution in [0.15, 0.2) is 12.4 Å². The Kier molecular flexibility index (Phi) is 5.02. The van der Waals surface area contributed by atoms with Crippen molar-refractivity contribution in [3.8, 4) is 0 Å². The number of rotatable bonds is 6. The highest BCUT2D eigenvalue weighted by molar-refractivity contribution is 5.88. The van der Waals surface area contributed by atoms with Crippen molar-refractivity contribution in [1.82, 2.24) is 9.78 Å². The van der Waals surface area contributed by atoms with Gasteiger partial charge in [-0.25, -0.2) is 4.79 Å². The standard InChI is InChI=1S/C12H20N2O2/c1-4-16-12(15)11-8-13-14(9-11)7-5-6-10(2)3/h8-10H,4-7H2,1-3H3. The first-order chi connectivity index (χ1) is 7.63. The lowest BCUT2D eigenvalue weighted by atomic mass is 10.1. The van der Waals surface area contributed by atoms with Crippen molar-refractivity contribution < 1.29 is 9.53 Å². The molecule has 0 saturated heterocycles. The van der Waals surface area contributed by atoms with Crippen LogP contribution in [-0.2, 0) is 11.3 Å². The SMILES string of the molecule is CCOC(=O)c1cnn(CCCC(C)C)c1. The molecule has 0 aliphatic carbocycles. The molecular formula is C12H20N2O2. The fourth-order valence-corrected chi connectivity index (χ4v) is 1.47. The molecule has 4 heteroatoms. The van der Waals surface area contributed by atoms with E-state index in [4.69, 9.17) is 4.74 Å². The molecule has 0 saturated carbocycles. The van der Waals surface area contributed by atoms with Gasteiger partial charge in [0.05, 0.1) is 18.4 Å². The summed E-state index contributed by atoms with van der Waals surface area (Å²) in [6.45, 7) is 7.46. The lowest BCUT2D eigenvalue weighted by molar-refractivity contribution is 0.0526. The van der Waals surface area contributed by atoms with Gasteiger partial charge in [0.1, 0.15) is 0 Å². The number of hydrogen-bond donors (Lipinski definition) is 0. The normalized spacial score (nSPS) is 10.8. The smallest absolute Gasteiger partial charge is 0.341 e. The second-order valence-corrected chi connectivity index (χ2v) is 4.25. The molecule has 0 aliphatic rings. The van der Waals surface area contributed by atoms with Crippen LogP contribution in [0.25, 0.3) is 0 Å². The van der Waals surface area contributed by atoms with Gasteiger partial charge in [0.25, 0.3) is 0 Å². The number of carbonyl (C=O) groups is 1. The maximum absolute atomic E-state index is 11.4. The molecule has 0 atom stereocenters. The Hall–Kier alpha value is -1.32. The molecule has 0 amide bonds. The molecule has 0 N–H and O–H groups in total. The number of aromatic nitrogens is 2. The Labute approximate surface area is 96.6 Å². The molecule has 0 bridgehead atoms. The van der Waals surface area contributed by atoms with Crippen molar-refractivity contribution in [2.45, 2.75) is 40.2 Å². The number of hydrogen-bond acceptors (Lipinski definition) is 3. The van der Waals surface area contributed by atoms with Crippen molar-refractivity contribution in [2.75, 3.05) is 6.61 Å². The van der Waals surface area contributed by atoms with Gasteiger partial charge in [-0.1, -0.05) is 13.8 Å². The number of aryl methyl sites for hydroxylation is 1. The summed E-state index contributed by atoms with van der Waals surface area (Å²) in [5.41, 5.74) is 0.534. The molecule has 1 heterocycles. The molecular weight excluding hydrogens is 204 g/mol.